The Hall–Kier alpha value is -2.09. The van der Waals surface area contributed by atoms with E-state index in [9.17, 15) is 4.79 Å². The molecule has 2 heterocycles. The number of nitrogen functional groups attached to an aromatic ring is 1. The number of nitrogens with two attached hydrogens (primary N) is 1. The highest BCUT2D eigenvalue weighted by molar-refractivity contribution is 7.11. The Labute approximate surface area is 114 Å². The Balaban J connectivity index is 1.90. The third-order valence-corrected chi connectivity index (χ3v) is 3.33. The molecule has 3 N–H and O–H groups in total. The summed E-state index contributed by atoms with van der Waals surface area (Å²) >= 11 is 1.53. The van der Waals surface area contributed by atoms with E-state index in [0.29, 0.717) is 24.2 Å². The standard InChI is InChI=1S/C11H14N6OS/c1-6-8(5-14-11(12)15-6)10(18)13-4-3-9-17-16-7(2)19-9/h5H,3-4H2,1-2H3,(H,13,18)(H2,12,14,15). The highest BCUT2D eigenvalue weighted by Gasteiger charge is 2.11. The van der Waals surface area contributed by atoms with E-state index in [1.165, 1.54) is 17.5 Å². The van der Waals surface area contributed by atoms with Crippen molar-refractivity contribution in [2.24, 2.45) is 0 Å². The van der Waals surface area contributed by atoms with Crippen LogP contribution in [0.4, 0.5) is 5.95 Å². The number of anilines is 1. The van der Waals surface area contributed by atoms with Crippen LogP contribution >= 0.6 is 11.3 Å². The van der Waals surface area contributed by atoms with Crippen LogP contribution < -0.4 is 11.1 Å². The lowest BCUT2D eigenvalue weighted by molar-refractivity contribution is 0.0952. The molecule has 8 heteroatoms. The number of hydrogen-bond acceptors (Lipinski definition) is 7. The summed E-state index contributed by atoms with van der Waals surface area (Å²) in [5.74, 6) is -0.0443. The Morgan fingerprint density at radius 3 is 2.84 bits per heavy atom. The van der Waals surface area contributed by atoms with Crippen molar-refractivity contribution < 1.29 is 4.79 Å². The minimum absolute atomic E-state index is 0.165. The molecule has 0 bridgehead atoms. The fourth-order valence-electron chi connectivity index (χ4n) is 1.52. The molecule has 2 rings (SSSR count). The number of rotatable bonds is 4. The predicted molar refractivity (Wildman–Crippen MR) is 71.9 cm³/mol. The van der Waals surface area contributed by atoms with E-state index < -0.39 is 0 Å². The molecule has 0 aromatic carbocycles. The molecule has 0 radical (unpaired) electrons. The van der Waals surface area contributed by atoms with Gasteiger partial charge in [0.2, 0.25) is 5.95 Å². The second-order valence-corrected chi connectivity index (χ2v) is 5.21. The van der Waals surface area contributed by atoms with Gasteiger partial charge in [-0.2, -0.15) is 0 Å². The van der Waals surface area contributed by atoms with E-state index in [-0.39, 0.29) is 11.9 Å². The zero-order valence-electron chi connectivity index (χ0n) is 10.7. The normalized spacial score (nSPS) is 10.4. The summed E-state index contributed by atoms with van der Waals surface area (Å²) in [7, 11) is 0. The van der Waals surface area contributed by atoms with Crippen molar-refractivity contribution in [1.82, 2.24) is 25.5 Å². The van der Waals surface area contributed by atoms with E-state index in [4.69, 9.17) is 5.73 Å². The number of carbonyl (C=O) groups excluding carboxylic acids is 1. The Morgan fingerprint density at radius 1 is 1.42 bits per heavy atom. The van der Waals surface area contributed by atoms with Gasteiger partial charge in [0.05, 0.1) is 11.3 Å². The van der Waals surface area contributed by atoms with Crippen LogP contribution in [0, 0.1) is 13.8 Å². The van der Waals surface area contributed by atoms with Gasteiger partial charge in [-0.15, -0.1) is 21.5 Å². The summed E-state index contributed by atoms with van der Waals surface area (Å²) in [5.41, 5.74) is 6.44. The second kappa shape index (κ2) is 5.70. The lowest BCUT2D eigenvalue weighted by Gasteiger charge is -2.06. The predicted octanol–water partition coefficient (Wildman–Crippen LogP) is 0.500. The summed E-state index contributed by atoms with van der Waals surface area (Å²) in [6.45, 7) is 4.12. The number of aryl methyl sites for hydroxylation is 2. The molecular weight excluding hydrogens is 264 g/mol. The minimum Gasteiger partial charge on any atom is -0.368 e. The first kappa shape index (κ1) is 13.3. The molecule has 0 saturated carbocycles. The van der Waals surface area contributed by atoms with Crippen molar-refractivity contribution in [2.75, 3.05) is 12.3 Å². The first-order valence-electron chi connectivity index (χ1n) is 5.72. The third-order valence-electron chi connectivity index (χ3n) is 2.43. The smallest absolute Gasteiger partial charge is 0.254 e. The molecule has 0 atom stereocenters. The maximum absolute atomic E-state index is 11.9. The van der Waals surface area contributed by atoms with Crippen molar-refractivity contribution in [2.45, 2.75) is 20.3 Å². The van der Waals surface area contributed by atoms with Crippen LogP contribution in [-0.4, -0.2) is 32.6 Å². The van der Waals surface area contributed by atoms with Crippen LogP contribution in [0.15, 0.2) is 6.20 Å². The van der Waals surface area contributed by atoms with Gasteiger partial charge in [-0.05, 0) is 13.8 Å². The quantitative estimate of drug-likeness (QED) is 0.843. The number of amides is 1. The van der Waals surface area contributed by atoms with Crippen molar-refractivity contribution in [3.63, 3.8) is 0 Å². The Morgan fingerprint density at radius 2 is 2.21 bits per heavy atom. The lowest BCUT2D eigenvalue weighted by Crippen LogP contribution is -2.27. The van der Waals surface area contributed by atoms with E-state index in [2.05, 4.69) is 25.5 Å². The first-order chi connectivity index (χ1) is 9.06. The van der Waals surface area contributed by atoms with Crippen LogP contribution in [0.25, 0.3) is 0 Å². The van der Waals surface area contributed by atoms with Gasteiger partial charge in [0.1, 0.15) is 10.0 Å². The average molecular weight is 278 g/mol. The molecule has 2 aromatic heterocycles. The molecule has 100 valence electrons. The molecule has 0 aliphatic carbocycles. The molecule has 0 spiro atoms. The monoisotopic (exact) mass is 278 g/mol. The van der Waals surface area contributed by atoms with Gasteiger partial charge in [-0.1, -0.05) is 0 Å². The van der Waals surface area contributed by atoms with Gasteiger partial charge >= 0.3 is 0 Å². The summed E-state index contributed by atoms with van der Waals surface area (Å²) in [6.07, 6.45) is 2.09. The van der Waals surface area contributed by atoms with E-state index in [1.54, 1.807) is 6.92 Å². The van der Waals surface area contributed by atoms with Gasteiger partial charge < -0.3 is 11.1 Å². The van der Waals surface area contributed by atoms with Crippen LogP contribution in [0.5, 0.6) is 0 Å². The van der Waals surface area contributed by atoms with Crippen molar-refractivity contribution in [1.29, 1.82) is 0 Å². The zero-order valence-corrected chi connectivity index (χ0v) is 11.5. The number of hydrogen-bond donors (Lipinski definition) is 2. The van der Waals surface area contributed by atoms with Crippen molar-refractivity contribution >= 4 is 23.2 Å². The average Bonchev–Trinajstić information content (AvgIpc) is 2.75. The molecule has 0 aliphatic heterocycles. The number of nitrogens with one attached hydrogen (secondary N) is 1. The first-order valence-corrected chi connectivity index (χ1v) is 6.54. The molecule has 1 amide bonds. The highest BCUT2D eigenvalue weighted by Crippen LogP contribution is 2.08. The molecule has 0 saturated heterocycles. The lowest BCUT2D eigenvalue weighted by atomic mass is 10.2. The summed E-state index contributed by atoms with van der Waals surface area (Å²) in [6, 6.07) is 0. The molecule has 7 nitrogen and oxygen atoms in total. The van der Waals surface area contributed by atoms with Gasteiger partial charge in [-0.25, -0.2) is 9.97 Å². The van der Waals surface area contributed by atoms with Crippen LogP contribution in [0.3, 0.4) is 0 Å². The molecule has 19 heavy (non-hydrogen) atoms. The van der Waals surface area contributed by atoms with E-state index in [0.717, 1.165) is 10.0 Å². The highest BCUT2D eigenvalue weighted by atomic mass is 32.1. The summed E-state index contributed by atoms with van der Waals surface area (Å²) < 4.78 is 0. The van der Waals surface area contributed by atoms with E-state index >= 15 is 0 Å². The van der Waals surface area contributed by atoms with Gasteiger partial charge in [0.25, 0.3) is 5.91 Å². The summed E-state index contributed by atoms with van der Waals surface area (Å²) in [4.78, 5) is 19.7. The Bertz CT molecular complexity index is 597. The van der Waals surface area contributed by atoms with Crippen molar-refractivity contribution in [3.05, 3.63) is 27.5 Å². The second-order valence-electron chi connectivity index (χ2n) is 3.95. The number of nitrogens with zero attached hydrogens (tertiary/aromatic N) is 4. The van der Waals surface area contributed by atoms with Gasteiger partial charge in [0, 0.05) is 19.2 Å². The van der Waals surface area contributed by atoms with E-state index in [1.807, 2.05) is 6.92 Å². The van der Waals surface area contributed by atoms with Crippen LogP contribution in [0.2, 0.25) is 0 Å². The molecule has 0 aliphatic rings. The third kappa shape index (κ3) is 3.44. The SMILES string of the molecule is Cc1nnc(CCNC(=O)c2cnc(N)nc2C)s1. The molecule has 0 unspecified atom stereocenters. The maximum Gasteiger partial charge on any atom is 0.254 e. The molecule has 2 aromatic rings. The topological polar surface area (TPSA) is 107 Å². The maximum atomic E-state index is 11.9. The van der Waals surface area contributed by atoms with Crippen LogP contribution in [0.1, 0.15) is 26.1 Å². The molecule has 0 fully saturated rings. The molecular formula is C11H14N6OS. The zero-order chi connectivity index (χ0) is 13.8. The Kier molecular flexibility index (Phi) is 4.00. The van der Waals surface area contributed by atoms with Crippen LogP contribution in [-0.2, 0) is 6.42 Å². The summed E-state index contributed by atoms with van der Waals surface area (Å²) in [5, 5.41) is 12.5. The van der Waals surface area contributed by atoms with Gasteiger partial charge in [0.15, 0.2) is 0 Å². The number of aromatic nitrogens is 4. The number of carbonyl (C=O) groups is 1. The largest absolute Gasteiger partial charge is 0.368 e. The fraction of sp³-hybridized carbons (Fsp3) is 0.364. The van der Waals surface area contributed by atoms with Crippen molar-refractivity contribution in [3.8, 4) is 0 Å². The minimum atomic E-state index is -0.210. The fourth-order valence-corrected chi connectivity index (χ4v) is 2.23. The van der Waals surface area contributed by atoms with Gasteiger partial charge in [-0.3, -0.25) is 4.79 Å².